The Kier molecular flexibility index (Phi) is 5.52. The van der Waals surface area contributed by atoms with Gasteiger partial charge in [0.25, 0.3) is 0 Å². The molecular weight excluding hydrogens is 372 g/mol. The number of fused-ring (bicyclic) bond motifs is 2. The van der Waals surface area contributed by atoms with E-state index in [1.54, 1.807) is 0 Å². The van der Waals surface area contributed by atoms with E-state index in [0.29, 0.717) is 11.4 Å². The zero-order valence-corrected chi connectivity index (χ0v) is 16.9. The monoisotopic (exact) mass is 394 g/mol. The Labute approximate surface area is 175 Å². The zero-order valence-electron chi connectivity index (χ0n) is 16.9. The Morgan fingerprint density at radius 2 is 1.00 bits per heavy atom. The van der Waals surface area contributed by atoms with E-state index < -0.39 is 6.03 Å². The van der Waals surface area contributed by atoms with E-state index in [1.165, 1.54) is 10.8 Å². The predicted molar refractivity (Wildman–Crippen MR) is 124 cm³/mol. The number of hydrogen-bond donors (Lipinski definition) is 2. The molecule has 0 spiro atoms. The van der Waals surface area contributed by atoms with Crippen molar-refractivity contribution >= 4 is 39.0 Å². The van der Waals surface area contributed by atoms with Crippen molar-refractivity contribution in [3.8, 4) is 0 Å². The molecule has 0 atom stereocenters. The number of amides is 2. The van der Waals surface area contributed by atoms with E-state index >= 15 is 0 Å². The van der Waals surface area contributed by atoms with E-state index in [2.05, 4.69) is 57.5 Å². The standard InChI is InChI=1S/C25H22N4O/c1-17(21-13-11-19-7-3-5-9-23(19)15-21)26-28-25(30)29-27-18(2)22-14-12-20-8-4-6-10-24(20)16-22/h3-16H,1-2H3,(H2,28,29,30). The summed E-state index contributed by atoms with van der Waals surface area (Å²) in [5.41, 5.74) is 8.32. The van der Waals surface area contributed by atoms with Crippen LogP contribution in [0.15, 0.2) is 95.1 Å². The van der Waals surface area contributed by atoms with Crippen LogP contribution in [-0.4, -0.2) is 17.5 Å². The van der Waals surface area contributed by atoms with Crippen molar-refractivity contribution < 1.29 is 4.79 Å². The van der Waals surface area contributed by atoms with Crippen molar-refractivity contribution in [2.45, 2.75) is 13.8 Å². The molecule has 2 amide bonds. The van der Waals surface area contributed by atoms with Gasteiger partial charge in [-0.3, -0.25) is 0 Å². The van der Waals surface area contributed by atoms with Crippen LogP contribution < -0.4 is 10.9 Å². The highest BCUT2D eigenvalue weighted by Crippen LogP contribution is 2.17. The smallest absolute Gasteiger partial charge is 0.245 e. The van der Waals surface area contributed by atoms with Gasteiger partial charge in [0.05, 0.1) is 11.4 Å². The van der Waals surface area contributed by atoms with E-state index in [9.17, 15) is 4.79 Å². The first-order chi connectivity index (χ1) is 14.6. The van der Waals surface area contributed by atoms with Gasteiger partial charge in [-0.25, -0.2) is 15.6 Å². The molecule has 4 aromatic carbocycles. The summed E-state index contributed by atoms with van der Waals surface area (Å²) in [6.45, 7) is 3.71. The molecule has 0 aliphatic carbocycles. The van der Waals surface area contributed by atoms with Gasteiger partial charge in [0.15, 0.2) is 0 Å². The molecule has 0 unspecified atom stereocenters. The van der Waals surface area contributed by atoms with Crippen LogP contribution in [0.3, 0.4) is 0 Å². The maximum Gasteiger partial charge on any atom is 0.355 e. The zero-order chi connectivity index (χ0) is 20.9. The van der Waals surface area contributed by atoms with Crippen LogP contribution in [-0.2, 0) is 0 Å². The first-order valence-electron chi connectivity index (χ1n) is 9.73. The summed E-state index contributed by atoms with van der Waals surface area (Å²) in [5, 5.41) is 12.9. The molecule has 2 N–H and O–H groups in total. The number of urea groups is 1. The average Bonchev–Trinajstić information content (AvgIpc) is 2.80. The Balaban J connectivity index is 1.41. The predicted octanol–water partition coefficient (Wildman–Crippen LogP) is 5.44. The minimum atomic E-state index is -0.490. The number of carbonyl (C=O) groups is 1. The summed E-state index contributed by atoms with van der Waals surface area (Å²) in [5.74, 6) is 0. The molecule has 4 aromatic rings. The molecule has 148 valence electrons. The van der Waals surface area contributed by atoms with Crippen LogP contribution in [0, 0.1) is 0 Å². The van der Waals surface area contributed by atoms with Crippen molar-refractivity contribution in [3.63, 3.8) is 0 Å². The first-order valence-corrected chi connectivity index (χ1v) is 9.73. The Morgan fingerprint density at radius 1 is 0.600 bits per heavy atom. The fourth-order valence-electron chi connectivity index (χ4n) is 3.25. The highest BCUT2D eigenvalue weighted by atomic mass is 16.2. The lowest BCUT2D eigenvalue weighted by molar-refractivity contribution is 0.242. The van der Waals surface area contributed by atoms with Crippen LogP contribution in [0.5, 0.6) is 0 Å². The molecule has 0 aromatic heterocycles. The van der Waals surface area contributed by atoms with Crippen molar-refractivity contribution in [2.75, 3.05) is 0 Å². The van der Waals surface area contributed by atoms with Crippen molar-refractivity contribution in [2.24, 2.45) is 10.2 Å². The fraction of sp³-hybridized carbons (Fsp3) is 0.0800. The Bertz CT molecular complexity index is 1190. The van der Waals surface area contributed by atoms with Gasteiger partial charge in [-0.15, -0.1) is 0 Å². The second kappa shape index (κ2) is 8.57. The van der Waals surface area contributed by atoms with Gasteiger partial charge in [0, 0.05) is 0 Å². The van der Waals surface area contributed by atoms with Gasteiger partial charge in [-0.05, 0) is 58.7 Å². The molecule has 4 rings (SSSR count). The molecule has 0 fully saturated rings. The quantitative estimate of drug-likeness (QED) is 0.351. The SMILES string of the molecule is CC(=NNC(=O)NN=C(C)c1ccc2ccccc2c1)c1ccc2ccccc2c1. The molecule has 0 saturated heterocycles. The maximum atomic E-state index is 12.1. The third-order valence-corrected chi connectivity index (χ3v) is 4.98. The Morgan fingerprint density at radius 3 is 1.43 bits per heavy atom. The summed E-state index contributed by atoms with van der Waals surface area (Å²) in [6, 6.07) is 27.9. The molecule has 5 nitrogen and oxygen atoms in total. The maximum absolute atomic E-state index is 12.1. The van der Waals surface area contributed by atoms with Crippen LogP contribution >= 0.6 is 0 Å². The molecule has 0 heterocycles. The molecule has 5 heteroatoms. The minimum absolute atomic E-state index is 0.490. The number of nitrogens with zero attached hydrogens (tertiary/aromatic N) is 2. The van der Waals surface area contributed by atoms with E-state index in [1.807, 2.05) is 62.4 Å². The summed E-state index contributed by atoms with van der Waals surface area (Å²) >= 11 is 0. The van der Waals surface area contributed by atoms with Crippen LogP contribution in [0.25, 0.3) is 21.5 Å². The second-order valence-electron chi connectivity index (χ2n) is 7.07. The van der Waals surface area contributed by atoms with Crippen molar-refractivity contribution in [1.82, 2.24) is 10.9 Å². The normalized spacial score (nSPS) is 12.2. The number of carbonyl (C=O) groups excluding carboxylic acids is 1. The lowest BCUT2D eigenvalue weighted by Gasteiger charge is -2.06. The largest absolute Gasteiger partial charge is 0.355 e. The van der Waals surface area contributed by atoms with E-state index in [0.717, 1.165) is 21.9 Å². The highest BCUT2D eigenvalue weighted by Gasteiger charge is 2.03. The second-order valence-corrected chi connectivity index (χ2v) is 7.07. The third kappa shape index (κ3) is 4.36. The lowest BCUT2D eigenvalue weighted by Crippen LogP contribution is -2.30. The van der Waals surface area contributed by atoms with E-state index in [-0.39, 0.29) is 0 Å². The molecule has 0 aliphatic rings. The summed E-state index contributed by atoms with van der Waals surface area (Å²) < 4.78 is 0. The molecule has 0 bridgehead atoms. The minimum Gasteiger partial charge on any atom is -0.245 e. The molecule has 0 radical (unpaired) electrons. The number of hydrazone groups is 2. The van der Waals surface area contributed by atoms with Crippen molar-refractivity contribution in [1.29, 1.82) is 0 Å². The first kappa shape index (κ1) is 19.3. The number of nitrogens with one attached hydrogen (secondary N) is 2. The summed E-state index contributed by atoms with van der Waals surface area (Å²) in [7, 11) is 0. The molecular formula is C25H22N4O. The third-order valence-electron chi connectivity index (χ3n) is 4.98. The van der Waals surface area contributed by atoms with Gasteiger partial charge in [-0.2, -0.15) is 10.2 Å². The number of benzene rings is 4. The van der Waals surface area contributed by atoms with Gasteiger partial charge >= 0.3 is 6.03 Å². The van der Waals surface area contributed by atoms with Crippen molar-refractivity contribution in [3.05, 3.63) is 96.1 Å². The van der Waals surface area contributed by atoms with E-state index in [4.69, 9.17) is 0 Å². The molecule has 0 saturated carbocycles. The van der Waals surface area contributed by atoms with Crippen LogP contribution in [0.2, 0.25) is 0 Å². The average molecular weight is 394 g/mol. The van der Waals surface area contributed by atoms with Gasteiger partial charge < -0.3 is 0 Å². The topological polar surface area (TPSA) is 65.8 Å². The Hall–Kier alpha value is -3.99. The van der Waals surface area contributed by atoms with Gasteiger partial charge in [0.2, 0.25) is 0 Å². The molecule has 0 aliphatic heterocycles. The lowest BCUT2D eigenvalue weighted by atomic mass is 10.0. The van der Waals surface area contributed by atoms with Crippen LogP contribution in [0.1, 0.15) is 25.0 Å². The summed E-state index contributed by atoms with van der Waals surface area (Å²) in [4.78, 5) is 12.1. The highest BCUT2D eigenvalue weighted by molar-refractivity contribution is 6.03. The van der Waals surface area contributed by atoms with Gasteiger partial charge in [-0.1, -0.05) is 72.8 Å². The summed E-state index contributed by atoms with van der Waals surface area (Å²) in [6.07, 6.45) is 0. The van der Waals surface area contributed by atoms with Crippen LogP contribution in [0.4, 0.5) is 4.79 Å². The van der Waals surface area contributed by atoms with Gasteiger partial charge in [0.1, 0.15) is 0 Å². The number of hydrogen-bond acceptors (Lipinski definition) is 3. The molecule has 30 heavy (non-hydrogen) atoms. The fourth-order valence-corrected chi connectivity index (χ4v) is 3.25. The number of rotatable bonds is 4.